The van der Waals surface area contributed by atoms with E-state index in [4.69, 9.17) is 4.74 Å². The molecular formula is C19H24N2O. The second-order valence-corrected chi connectivity index (χ2v) is 8.25. The maximum Gasteiger partial charge on any atom is 0.151 e. The first-order valence-electron chi connectivity index (χ1n) is 9.05. The van der Waals surface area contributed by atoms with Crippen molar-refractivity contribution in [2.75, 3.05) is 18.4 Å². The molecule has 0 amide bonds. The topological polar surface area (TPSA) is 24.5 Å². The molecule has 5 aliphatic rings. The van der Waals surface area contributed by atoms with Gasteiger partial charge in [-0.1, -0.05) is 25.1 Å². The minimum Gasteiger partial charge on any atom is -0.357 e. The van der Waals surface area contributed by atoms with Gasteiger partial charge in [0.1, 0.15) is 0 Å². The molecule has 4 fully saturated rings. The van der Waals surface area contributed by atoms with Crippen molar-refractivity contribution in [3.63, 3.8) is 0 Å². The smallest absolute Gasteiger partial charge is 0.151 e. The van der Waals surface area contributed by atoms with Gasteiger partial charge in [-0.3, -0.25) is 4.90 Å². The van der Waals surface area contributed by atoms with Crippen molar-refractivity contribution in [1.29, 1.82) is 0 Å². The van der Waals surface area contributed by atoms with Gasteiger partial charge in [-0.2, -0.15) is 0 Å². The normalized spacial score (nSPS) is 50.6. The Morgan fingerprint density at radius 1 is 1.32 bits per heavy atom. The van der Waals surface area contributed by atoms with Crippen LogP contribution in [0.5, 0.6) is 0 Å². The van der Waals surface area contributed by atoms with Crippen LogP contribution in [0, 0.1) is 5.92 Å². The molecule has 5 atom stereocenters. The zero-order chi connectivity index (χ0) is 14.6. The third kappa shape index (κ3) is 1.06. The maximum absolute atomic E-state index is 7.06. The van der Waals surface area contributed by atoms with E-state index >= 15 is 0 Å². The molecule has 1 N–H and O–H groups in total. The highest BCUT2D eigenvalue weighted by molar-refractivity contribution is 5.67. The number of hydrogen-bond donors (Lipinski definition) is 1. The number of para-hydroxylation sites is 1. The molecule has 3 bridgehead atoms. The molecule has 5 aliphatic heterocycles. The molecule has 3 nitrogen and oxygen atoms in total. The highest BCUT2D eigenvalue weighted by Gasteiger charge is 2.79. The quantitative estimate of drug-likeness (QED) is 0.862. The average molecular weight is 296 g/mol. The summed E-state index contributed by atoms with van der Waals surface area (Å²) >= 11 is 0. The summed E-state index contributed by atoms with van der Waals surface area (Å²) < 4.78 is 7.06. The molecule has 22 heavy (non-hydrogen) atoms. The van der Waals surface area contributed by atoms with Crippen molar-refractivity contribution >= 4 is 5.69 Å². The Morgan fingerprint density at radius 2 is 2.23 bits per heavy atom. The fourth-order valence-electron chi connectivity index (χ4n) is 7.01. The number of anilines is 1. The number of benzene rings is 1. The number of nitrogens with zero attached hydrogens (tertiary/aromatic N) is 1. The van der Waals surface area contributed by atoms with Gasteiger partial charge in [-0.05, 0) is 56.2 Å². The number of hydrogen-bond acceptors (Lipinski definition) is 3. The van der Waals surface area contributed by atoms with Gasteiger partial charge >= 0.3 is 0 Å². The second kappa shape index (κ2) is 3.54. The van der Waals surface area contributed by atoms with E-state index in [1.807, 2.05) is 0 Å². The summed E-state index contributed by atoms with van der Waals surface area (Å²) in [5.74, 6) is 0.831. The lowest BCUT2D eigenvalue weighted by Gasteiger charge is -2.48. The summed E-state index contributed by atoms with van der Waals surface area (Å²) in [5.41, 5.74) is 3.00. The maximum atomic E-state index is 7.06. The summed E-state index contributed by atoms with van der Waals surface area (Å²) in [4.78, 5) is 2.79. The molecule has 0 radical (unpaired) electrons. The van der Waals surface area contributed by atoms with E-state index in [0.29, 0.717) is 6.04 Å². The van der Waals surface area contributed by atoms with Crippen molar-refractivity contribution < 1.29 is 4.74 Å². The Morgan fingerprint density at radius 3 is 3.14 bits per heavy atom. The third-order valence-electron chi connectivity index (χ3n) is 7.60. The fourth-order valence-corrected chi connectivity index (χ4v) is 7.01. The summed E-state index contributed by atoms with van der Waals surface area (Å²) in [5, 5.41) is 3.89. The third-order valence-corrected chi connectivity index (χ3v) is 7.60. The number of piperidine rings is 1. The van der Waals surface area contributed by atoms with E-state index in [2.05, 4.69) is 41.4 Å². The summed E-state index contributed by atoms with van der Waals surface area (Å²) in [6, 6.07) is 9.59. The van der Waals surface area contributed by atoms with E-state index in [1.54, 1.807) is 0 Å². The molecular weight excluding hydrogens is 272 g/mol. The van der Waals surface area contributed by atoms with Gasteiger partial charge in [0.2, 0.25) is 0 Å². The molecule has 0 aliphatic carbocycles. The fraction of sp³-hybridized carbons (Fsp3) is 0.684. The number of nitrogens with one attached hydrogen (secondary N) is 1. The van der Waals surface area contributed by atoms with Crippen LogP contribution >= 0.6 is 0 Å². The standard InChI is InChI=1S/C19H24N2O/c1-2-17-11-13-7-8-19(22-17)18(9-10-21(12-13)16(17)18)14-5-3-4-6-15(14)20-19/h3-6,13,16,20H,2,7-12H2,1H3. The van der Waals surface area contributed by atoms with E-state index in [9.17, 15) is 0 Å². The van der Waals surface area contributed by atoms with Crippen molar-refractivity contribution in [3.05, 3.63) is 29.8 Å². The van der Waals surface area contributed by atoms with Gasteiger partial charge in [-0.25, -0.2) is 0 Å². The highest BCUT2D eigenvalue weighted by atomic mass is 16.6. The molecule has 1 aromatic carbocycles. The van der Waals surface area contributed by atoms with Crippen molar-refractivity contribution in [2.24, 2.45) is 5.92 Å². The lowest BCUT2D eigenvalue weighted by Crippen LogP contribution is -2.60. The molecule has 6 rings (SSSR count). The summed E-state index contributed by atoms with van der Waals surface area (Å²) in [6.45, 7) is 4.90. The molecule has 5 unspecified atom stereocenters. The van der Waals surface area contributed by atoms with Crippen LogP contribution in [0.3, 0.4) is 0 Å². The van der Waals surface area contributed by atoms with Gasteiger partial charge in [0, 0.05) is 12.2 Å². The van der Waals surface area contributed by atoms with Gasteiger partial charge in [0.15, 0.2) is 5.72 Å². The van der Waals surface area contributed by atoms with Gasteiger partial charge in [0.05, 0.1) is 17.1 Å². The molecule has 116 valence electrons. The van der Waals surface area contributed by atoms with Crippen molar-refractivity contribution in [1.82, 2.24) is 4.90 Å². The van der Waals surface area contributed by atoms with Crippen LogP contribution in [-0.4, -0.2) is 35.4 Å². The lowest BCUT2D eigenvalue weighted by molar-refractivity contribution is -0.125. The van der Waals surface area contributed by atoms with E-state index in [1.165, 1.54) is 50.0 Å². The molecule has 3 heteroatoms. The first-order chi connectivity index (χ1) is 10.7. The zero-order valence-corrected chi connectivity index (χ0v) is 13.3. The predicted octanol–water partition coefficient (Wildman–Crippen LogP) is 3.11. The Hall–Kier alpha value is -1.06. The molecule has 1 aromatic rings. The first-order valence-corrected chi connectivity index (χ1v) is 9.05. The minimum atomic E-state index is -0.138. The Balaban J connectivity index is 1.68. The molecule has 5 heterocycles. The van der Waals surface area contributed by atoms with Crippen molar-refractivity contribution in [2.45, 2.75) is 61.8 Å². The van der Waals surface area contributed by atoms with Gasteiger partial charge < -0.3 is 10.1 Å². The minimum absolute atomic E-state index is 0.0798. The average Bonchev–Trinajstić information content (AvgIpc) is 3.08. The Kier molecular flexibility index (Phi) is 1.99. The lowest BCUT2D eigenvalue weighted by atomic mass is 9.61. The van der Waals surface area contributed by atoms with E-state index in [-0.39, 0.29) is 16.7 Å². The van der Waals surface area contributed by atoms with Crippen LogP contribution in [0.2, 0.25) is 0 Å². The monoisotopic (exact) mass is 296 g/mol. The summed E-state index contributed by atoms with van der Waals surface area (Å²) in [6.07, 6.45) is 6.18. The Bertz CT molecular complexity index is 675. The highest BCUT2D eigenvalue weighted by Crippen LogP contribution is 2.70. The van der Waals surface area contributed by atoms with E-state index < -0.39 is 0 Å². The number of ether oxygens (including phenoxy) is 1. The largest absolute Gasteiger partial charge is 0.357 e. The van der Waals surface area contributed by atoms with Crippen LogP contribution < -0.4 is 5.32 Å². The molecule has 0 aromatic heterocycles. The summed E-state index contributed by atoms with van der Waals surface area (Å²) in [7, 11) is 0. The van der Waals surface area contributed by atoms with Gasteiger partial charge in [0.25, 0.3) is 0 Å². The first kappa shape index (κ1) is 12.4. The SMILES string of the molecule is CCC12CC3CCC4(Nc5ccccc5C45CCN(C3)C15)O2. The van der Waals surface area contributed by atoms with Gasteiger partial charge in [-0.15, -0.1) is 0 Å². The van der Waals surface area contributed by atoms with Crippen LogP contribution in [-0.2, 0) is 10.2 Å². The van der Waals surface area contributed by atoms with Crippen LogP contribution in [0.4, 0.5) is 5.69 Å². The Labute approximate surface area is 132 Å². The van der Waals surface area contributed by atoms with Crippen molar-refractivity contribution in [3.8, 4) is 0 Å². The molecule has 2 spiro atoms. The van der Waals surface area contributed by atoms with Crippen LogP contribution in [0.25, 0.3) is 0 Å². The number of fused-ring (bicyclic) bond motifs is 2. The molecule has 4 saturated heterocycles. The van der Waals surface area contributed by atoms with Crippen LogP contribution in [0.15, 0.2) is 24.3 Å². The molecule has 0 saturated carbocycles. The second-order valence-electron chi connectivity index (χ2n) is 8.25. The predicted molar refractivity (Wildman–Crippen MR) is 85.9 cm³/mol. The van der Waals surface area contributed by atoms with E-state index in [0.717, 1.165) is 12.3 Å². The van der Waals surface area contributed by atoms with Crippen LogP contribution in [0.1, 0.15) is 44.6 Å². The zero-order valence-electron chi connectivity index (χ0n) is 13.3. The number of rotatable bonds is 1.